The molecule has 0 saturated carbocycles. The van der Waals surface area contributed by atoms with E-state index in [-0.39, 0.29) is 16.4 Å². The second-order valence-electron chi connectivity index (χ2n) is 4.49. The molecular weight excluding hydrogens is 275 g/mol. The molecule has 0 radical (unpaired) electrons. The van der Waals surface area contributed by atoms with Crippen molar-refractivity contribution >= 4 is 17.6 Å². The van der Waals surface area contributed by atoms with E-state index < -0.39 is 11.9 Å². The Hall–Kier alpha value is -1.24. The number of hydrogen-bond acceptors (Lipinski definition) is 3. The highest BCUT2D eigenvalue weighted by Gasteiger charge is 2.33. The van der Waals surface area contributed by atoms with E-state index >= 15 is 0 Å². The van der Waals surface area contributed by atoms with Crippen molar-refractivity contribution in [2.75, 3.05) is 5.75 Å². The van der Waals surface area contributed by atoms with E-state index in [4.69, 9.17) is 11.1 Å². The van der Waals surface area contributed by atoms with Crippen LogP contribution in [0, 0.1) is 11.3 Å². The summed E-state index contributed by atoms with van der Waals surface area (Å²) >= 11 is 1.20. The first kappa shape index (κ1) is 15.8. The van der Waals surface area contributed by atoms with Gasteiger partial charge in [0.1, 0.15) is 16.6 Å². The number of nitrogens with two attached hydrogens (primary N) is 1. The zero-order chi connectivity index (χ0) is 14.6. The van der Waals surface area contributed by atoms with Gasteiger partial charge in [0, 0.05) is 5.56 Å². The number of nitrogens with one attached hydrogen (secondary N) is 1. The standard InChI is InChI=1S/C12H16F3N3S/c1-7(2)5-6-19-11-8(10(16)17)3-4-9(18-11)12(13,14)15/h3-4,7H,5-6H2,1-2H3,(H3,16,17). The van der Waals surface area contributed by atoms with Gasteiger partial charge in [-0.05, 0) is 30.2 Å². The fourth-order valence-corrected chi connectivity index (χ4v) is 2.58. The van der Waals surface area contributed by atoms with Crippen LogP contribution in [-0.2, 0) is 6.18 Å². The van der Waals surface area contributed by atoms with Crippen LogP contribution in [0.15, 0.2) is 17.2 Å². The summed E-state index contributed by atoms with van der Waals surface area (Å²) in [5.74, 6) is 0.832. The molecule has 7 heteroatoms. The number of halogens is 3. The highest BCUT2D eigenvalue weighted by molar-refractivity contribution is 7.99. The number of rotatable bonds is 5. The molecule has 1 rings (SSSR count). The Morgan fingerprint density at radius 1 is 1.42 bits per heavy atom. The Balaban J connectivity index is 2.99. The number of pyridine rings is 1. The Kier molecular flexibility index (Phi) is 5.22. The van der Waals surface area contributed by atoms with E-state index in [1.807, 2.05) is 13.8 Å². The Morgan fingerprint density at radius 2 is 2.05 bits per heavy atom. The Morgan fingerprint density at radius 3 is 2.53 bits per heavy atom. The van der Waals surface area contributed by atoms with E-state index in [9.17, 15) is 13.2 Å². The Bertz CT molecular complexity index is 458. The van der Waals surface area contributed by atoms with Gasteiger partial charge in [0.25, 0.3) is 0 Å². The zero-order valence-electron chi connectivity index (χ0n) is 10.7. The minimum Gasteiger partial charge on any atom is -0.384 e. The van der Waals surface area contributed by atoms with Gasteiger partial charge in [-0.2, -0.15) is 13.2 Å². The molecule has 0 saturated heterocycles. The lowest BCUT2D eigenvalue weighted by Gasteiger charge is -2.12. The van der Waals surface area contributed by atoms with Crippen molar-refractivity contribution in [3.63, 3.8) is 0 Å². The minimum absolute atomic E-state index is 0.169. The van der Waals surface area contributed by atoms with E-state index in [1.165, 1.54) is 17.8 Å². The second kappa shape index (κ2) is 6.27. The molecular formula is C12H16F3N3S. The lowest BCUT2D eigenvalue weighted by atomic mass is 10.2. The molecule has 0 bridgehead atoms. The molecule has 0 spiro atoms. The zero-order valence-corrected chi connectivity index (χ0v) is 11.5. The van der Waals surface area contributed by atoms with Crippen LogP contribution >= 0.6 is 11.8 Å². The van der Waals surface area contributed by atoms with Crippen LogP contribution in [0.25, 0.3) is 0 Å². The van der Waals surface area contributed by atoms with Gasteiger partial charge in [-0.1, -0.05) is 13.8 Å². The molecule has 1 aromatic rings. The van der Waals surface area contributed by atoms with Gasteiger partial charge in [0.2, 0.25) is 0 Å². The molecule has 0 amide bonds. The predicted octanol–water partition coefficient (Wildman–Crippen LogP) is 3.52. The van der Waals surface area contributed by atoms with Crippen LogP contribution in [0.2, 0.25) is 0 Å². The monoisotopic (exact) mass is 291 g/mol. The molecule has 3 nitrogen and oxygen atoms in total. The molecule has 3 N–H and O–H groups in total. The summed E-state index contributed by atoms with van der Waals surface area (Å²) in [6.07, 6.45) is -3.62. The number of amidine groups is 1. The molecule has 0 aliphatic rings. The van der Waals surface area contributed by atoms with Gasteiger partial charge in [0.05, 0.1) is 0 Å². The van der Waals surface area contributed by atoms with Crippen molar-refractivity contribution in [1.82, 2.24) is 4.98 Å². The smallest absolute Gasteiger partial charge is 0.384 e. The molecule has 0 atom stereocenters. The normalized spacial score (nSPS) is 11.9. The number of hydrogen-bond donors (Lipinski definition) is 2. The van der Waals surface area contributed by atoms with E-state index in [0.717, 1.165) is 12.5 Å². The van der Waals surface area contributed by atoms with Gasteiger partial charge in [0.15, 0.2) is 0 Å². The van der Waals surface area contributed by atoms with Crippen molar-refractivity contribution in [2.24, 2.45) is 11.7 Å². The quantitative estimate of drug-likeness (QED) is 0.495. The first-order valence-corrected chi connectivity index (χ1v) is 6.75. The molecule has 0 aliphatic heterocycles. The molecule has 106 valence electrons. The van der Waals surface area contributed by atoms with Crippen LogP contribution < -0.4 is 5.73 Å². The molecule has 0 aliphatic carbocycles. The predicted molar refractivity (Wildman–Crippen MR) is 70.4 cm³/mol. The molecule has 0 unspecified atom stereocenters. The highest BCUT2D eigenvalue weighted by atomic mass is 32.2. The fourth-order valence-electron chi connectivity index (χ4n) is 1.30. The first-order chi connectivity index (χ1) is 8.71. The van der Waals surface area contributed by atoms with Crippen LogP contribution in [0.4, 0.5) is 13.2 Å². The average Bonchev–Trinajstić information content (AvgIpc) is 2.26. The summed E-state index contributed by atoms with van der Waals surface area (Å²) < 4.78 is 37.8. The van der Waals surface area contributed by atoms with Crippen molar-refractivity contribution in [1.29, 1.82) is 5.41 Å². The van der Waals surface area contributed by atoms with Gasteiger partial charge < -0.3 is 5.73 Å². The number of aromatic nitrogens is 1. The SMILES string of the molecule is CC(C)CCSc1nc(C(F)(F)F)ccc1C(=N)N. The summed E-state index contributed by atoms with van der Waals surface area (Å²) in [6, 6.07) is 2.05. The number of nitrogen functional groups attached to an aromatic ring is 1. The maximum Gasteiger partial charge on any atom is 0.433 e. The Labute approximate surface area is 114 Å². The van der Waals surface area contributed by atoms with E-state index in [2.05, 4.69) is 4.98 Å². The number of alkyl halides is 3. The fraction of sp³-hybridized carbons (Fsp3) is 0.500. The highest BCUT2D eigenvalue weighted by Crippen LogP contribution is 2.31. The third-order valence-corrected chi connectivity index (χ3v) is 3.40. The van der Waals surface area contributed by atoms with Crippen LogP contribution in [0.1, 0.15) is 31.5 Å². The lowest BCUT2D eigenvalue weighted by molar-refractivity contribution is -0.141. The van der Waals surface area contributed by atoms with Gasteiger partial charge in [-0.25, -0.2) is 4.98 Å². The van der Waals surface area contributed by atoms with Crippen LogP contribution in [0.3, 0.4) is 0 Å². The van der Waals surface area contributed by atoms with Crippen molar-refractivity contribution in [3.05, 3.63) is 23.4 Å². The number of thioether (sulfide) groups is 1. The van der Waals surface area contributed by atoms with Gasteiger partial charge in [-0.15, -0.1) is 11.8 Å². The van der Waals surface area contributed by atoms with Crippen molar-refractivity contribution in [2.45, 2.75) is 31.5 Å². The molecule has 0 fully saturated rings. The summed E-state index contributed by atoms with van der Waals surface area (Å²) in [4.78, 5) is 3.58. The van der Waals surface area contributed by atoms with Crippen molar-refractivity contribution < 1.29 is 13.2 Å². The topological polar surface area (TPSA) is 62.8 Å². The summed E-state index contributed by atoms with van der Waals surface area (Å²) in [5, 5.41) is 7.54. The molecule has 1 aromatic heterocycles. The molecule has 1 heterocycles. The van der Waals surface area contributed by atoms with E-state index in [1.54, 1.807) is 0 Å². The summed E-state index contributed by atoms with van der Waals surface area (Å²) in [7, 11) is 0. The van der Waals surface area contributed by atoms with Crippen LogP contribution in [0.5, 0.6) is 0 Å². The van der Waals surface area contributed by atoms with E-state index in [0.29, 0.717) is 11.7 Å². The third-order valence-electron chi connectivity index (χ3n) is 2.37. The second-order valence-corrected chi connectivity index (χ2v) is 5.58. The van der Waals surface area contributed by atoms with Crippen LogP contribution in [-0.4, -0.2) is 16.6 Å². The van der Waals surface area contributed by atoms with Crippen molar-refractivity contribution in [3.8, 4) is 0 Å². The minimum atomic E-state index is -4.48. The lowest BCUT2D eigenvalue weighted by Crippen LogP contribution is -2.16. The largest absolute Gasteiger partial charge is 0.433 e. The van der Waals surface area contributed by atoms with Gasteiger partial charge in [-0.3, -0.25) is 5.41 Å². The maximum absolute atomic E-state index is 12.6. The third kappa shape index (κ3) is 4.74. The summed E-state index contributed by atoms with van der Waals surface area (Å²) in [5.41, 5.74) is 4.65. The average molecular weight is 291 g/mol. The summed E-state index contributed by atoms with van der Waals surface area (Å²) in [6.45, 7) is 4.07. The molecule has 0 aromatic carbocycles. The molecule has 19 heavy (non-hydrogen) atoms. The number of nitrogens with zero attached hydrogens (tertiary/aromatic N) is 1. The first-order valence-electron chi connectivity index (χ1n) is 5.77. The van der Waals surface area contributed by atoms with Gasteiger partial charge >= 0.3 is 6.18 Å². The maximum atomic E-state index is 12.6.